The first kappa shape index (κ1) is 23.3. The largest absolute Gasteiger partial charge is 0.497 e. The Labute approximate surface area is 189 Å². The number of nitrogens with zero attached hydrogens (tertiary/aromatic N) is 1. The summed E-state index contributed by atoms with van der Waals surface area (Å²) in [5, 5.41) is 0. The molecule has 0 radical (unpaired) electrons. The van der Waals surface area contributed by atoms with Crippen LogP contribution in [0.15, 0.2) is 71.6 Å². The van der Waals surface area contributed by atoms with Gasteiger partial charge in [0.25, 0.3) is 10.0 Å². The Morgan fingerprint density at radius 2 is 1.34 bits per heavy atom. The van der Waals surface area contributed by atoms with Crippen molar-refractivity contribution in [2.75, 3.05) is 32.7 Å². The topological polar surface area (TPSA) is 74.3 Å². The zero-order valence-electron chi connectivity index (χ0n) is 18.7. The highest BCUT2D eigenvalue weighted by Crippen LogP contribution is 2.41. The second-order valence-corrected chi connectivity index (χ2v) is 8.75. The maximum absolute atomic E-state index is 13.8. The molecule has 0 saturated heterocycles. The third-order valence-corrected chi connectivity index (χ3v) is 7.07. The van der Waals surface area contributed by atoms with Gasteiger partial charge in [-0.05, 0) is 49.4 Å². The summed E-state index contributed by atoms with van der Waals surface area (Å²) in [6.45, 7) is 1.80. The molecule has 8 heteroatoms. The van der Waals surface area contributed by atoms with Crippen LogP contribution in [0.5, 0.6) is 23.0 Å². The van der Waals surface area contributed by atoms with Gasteiger partial charge >= 0.3 is 0 Å². The first-order valence-electron chi connectivity index (χ1n) is 9.90. The van der Waals surface area contributed by atoms with Gasteiger partial charge in [0, 0.05) is 11.6 Å². The normalized spacial score (nSPS) is 12.0. The van der Waals surface area contributed by atoms with Crippen LogP contribution in [0.4, 0.5) is 5.69 Å². The zero-order valence-corrected chi connectivity index (χ0v) is 19.5. The van der Waals surface area contributed by atoms with Crippen LogP contribution in [0.1, 0.15) is 18.5 Å². The van der Waals surface area contributed by atoms with Crippen LogP contribution in [0.25, 0.3) is 0 Å². The molecular formula is C24H27NO6S. The van der Waals surface area contributed by atoms with E-state index in [1.54, 1.807) is 87.9 Å². The molecule has 0 N–H and O–H groups in total. The monoisotopic (exact) mass is 457 g/mol. The second-order valence-electron chi connectivity index (χ2n) is 6.94. The fraction of sp³-hybridized carbons (Fsp3) is 0.250. The molecule has 0 aromatic heterocycles. The number of ether oxygens (including phenoxy) is 4. The molecule has 0 spiro atoms. The van der Waals surface area contributed by atoms with Gasteiger partial charge in [0.05, 0.1) is 45.1 Å². The van der Waals surface area contributed by atoms with Crippen molar-refractivity contribution in [3.63, 3.8) is 0 Å². The first-order chi connectivity index (χ1) is 15.4. The van der Waals surface area contributed by atoms with Crippen LogP contribution >= 0.6 is 0 Å². The van der Waals surface area contributed by atoms with Crippen LogP contribution < -0.4 is 23.3 Å². The number of methoxy groups -OCH3 is 4. The summed E-state index contributed by atoms with van der Waals surface area (Å²) >= 11 is 0. The second kappa shape index (κ2) is 9.82. The molecule has 0 unspecified atom stereocenters. The van der Waals surface area contributed by atoms with Crippen molar-refractivity contribution in [3.05, 3.63) is 72.3 Å². The summed E-state index contributed by atoms with van der Waals surface area (Å²) < 4.78 is 50.7. The maximum atomic E-state index is 13.8. The Morgan fingerprint density at radius 3 is 1.94 bits per heavy atom. The summed E-state index contributed by atoms with van der Waals surface area (Å²) in [5.41, 5.74) is 1.07. The lowest BCUT2D eigenvalue weighted by molar-refractivity contribution is 0.355. The van der Waals surface area contributed by atoms with E-state index in [0.717, 1.165) is 0 Å². The molecule has 3 aromatic carbocycles. The zero-order chi connectivity index (χ0) is 23.3. The molecule has 3 aromatic rings. The van der Waals surface area contributed by atoms with Crippen molar-refractivity contribution >= 4 is 15.7 Å². The van der Waals surface area contributed by atoms with Gasteiger partial charge < -0.3 is 18.9 Å². The molecule has 0 saturated carbocycles. The predicted molar refractivity (Wildman–Crippen MR) is 124 cm³/mol. The van der Waals surface area contributed by atoms with Crippen LogP contribution in [0, 0.1) is 0 Å². The fourth-order valence-electron chi connectivity index (χ4n) is 3.53. The average Bonchev–Trinajstić information content (AvgIpc) is 2.83. The third-order valence-electron chi connectivity index (χ3n) is 5.16. The Morgan fingerprint density at radius 1 is 0.719 bits per heavy atom. The Kier molecular flexibility index (Phi) is 7.15. The number of rotatable bonds is 9. The minimum absolute atomic E-state index is 0.170. The highest BCUT2D eigenvalue weighted by molar-refractivity contribution is 7.92. The van der Waals surface area contributed by atoms with Crippen molar-refractivity contribution in [2.45, 2.75) is 17.9 Å². The predicted octanol–water partition coefficient (Wildman–Crippen LogP) is 4.68. The van der Waals surface area contributed by atoms with E-state index in [1.165, 1.54) is 18.5 Å². The summed E-state index contributed by atoms with van der Waals surface area (Å²) in [6, 6.07) is 18.0. The maximum Gasteiger partial charge on any atom is 0.264 e. The van der Waals surface area contributed by atoms with Gasteiger partial charge in [-0.1, -0.05) is 18.2 Å². The molecule has 7 nitrogen and oxygen atoms in total. The Bertz CT molecular complexity index is 1160. The molecule has 0 bridgehead atoms. The average molecular weight is 458 g/mol. The molecule has 0 fully saturated rings. The molecule has 0 aliphatic heterocycles. The van der Waals surface area contributed by atoms with E-state index >= 15 is 0 Å². The highest BCUT2D eigenvalue weighted by atomic mass is 32.2. The van der Waals surface area contributed by atoms with E-state index in [-0.39, 0.29) is 4.90 Å². The number of benzene rings is 3. The lowest BCUT2D eigenvalue weighted by Gasteiger charge is -2.32. The summed E-state index contributed by atoms with van der Waals surface area (Å²) in [6.07, 6.45) is 0. The smallest absolute Gasteiger partial charge is 0.264 e. The number of sulfonamides is 1. The van der Waals surface area contributed by atoms with Crippen LogP contribution in [0.3, 0.4) is 0 Å². The van der Waals surface area contributed by atoms with Gasteiger partial charge in [-0.3, -0.25) is 4.31 Å². The molecule has 170 valence electrons. The van der Waals surface area contributed by atoms with Gasteiger partial charge in [-0.25, -0.2) is 8.42 Å². The third kappa shape index (κ3) is 4.45. The molecule has 0 aliphatic carbocycles. The number of anilines is 1. The molecule has 0 heterocycles. The number of hydrogen-bond donors (Lipinski definition) is 0. The van der Waals surface area contributed by atoms with Gasteiger partial charge in [-0.2, -0.15) is 0 Å². The van der Waals surface area contributed by atoms with Crippen molar-refractivity contribution in [2.24, 2.45) is 0 Å². The van der Waals surface area contributed by atoms with Crippen LogP contribution in [-0.2, 0) is 10.0 Å². The van der Waals surface area contributed by atoms with Crippen LogP contribution in [0.2, 0.25) is 0 Å². The van der Waals surface area contributed by atoms with E-state index in [9.17, 15) is 8.42 Å². The van der Waals surface area contributed by atoms with E-state index in [2.05, 4.69) is 0 Å². The van der Waals surface area contributed by atoms with E-state index in [1.807, 2.05) is 0 Å². The SMILES string of the molecule is COc1ccc(OC)c([C@H](C)N(c2ccc(OC)c(OC)c2)S(=O)(=O)c2ccccc2)c1. The standard InChI is InChI=1S/C24H27NO6S/c1-17(21-16-19(28-2)12-14-22(21)29-3)25(32(26,27)20-9-7-6-8-10-20)18-11-13-23(30-4)24(15-18)31-5/h6-17H,1-5H3/t17-/m0/s1. The van der Waals surface area contributed by atoms with Gasteiger partial charge in [-0.15, -0.1) is 0 Å². The Hall–Kier alpha value is -3.39. The minimum atomic E-state index is -3.95. The molecule has 32 heavy (non-hydrogen) atoms. The van der Waals surface area contributed by atoms with Gasteiger partial charge in [0.1, 0.15) is 11.5 Å². The van der Waals surface area contributed by atoms with Crippen LogP contribution in [-0.4, -0.2) is 36.9 Å². The van der Waals surface area contributed by atoms with Crippen molar-refractivity contribution < 1.29 is 27.4 Å². The minimum Gasteiger partial charge on any atom is -0.497 e. The van der Waals surface area contributed by atoms with Gasteiger partial charge in [0.15, 0.2) is 11.5 Å². The van der Waals surface area contributed by atoms with E-state index in [0.29, 0.717) is 34.2 Å². The highest BCUT2D eigenvalue weighted by Gasteiger charge is 2.32. The fourth-order valence-corrected chi connectivity index (χ4v) is 5.18. The number of hydrogen-bond acceptors (Lipinski definition) is 6. The van der Waals surface area contributed by atoms with Crippen molar-refractivity contribution in [1.29, 1.82) is 0 Å². The van der Waals surface area contributed by atoms with Crippen molar-refractivity contribution in [1.82, 2.24) is 0 Å². The molecule has 0 aliphatic rings. The van der Waals surface area contributed by atoms with E-state index in [4.69, 9.17) is 18.9 Å². The first-order valence-corrected chi connectivity index (χ1v) is 11.3. The van der Waals surface area contributed by atoms with Gasteiger partial charge in [0.2, 0.25) is 0 Å². The Balaban J connectivity index is 2.24. The molecule has 3 rings (SSSR count). The summed E-state index contributed by atoms with van der Waals surface area (Å²) in [4.78, 5) is 0.170. The lowest BCUT2D eigenvalue weighted by atomic mass is 10.1. The van der Waals surface area contributed by atoms with E-state index < -0.39 is 16.1 Å². The summed E-state index contributed by atoms with van der Waals surface area (Å²) in [7, 11) is 2.19. The summed E-state index contributed by atoms with van der Waals surface area (Å²) in [5.74, 6) is 2.06. The molecular weight excluding hydrogens is 430 g/mol. The molecule has 0 amide bonds. The quantitative estimate of drug-likeness (QED) is 0.465. The lowest BCUT2D eigenvalue weighted by Crippen LogP contribution is -2.34. The molecule has 1 atom stereocenters. The van der Waals surface area contributed by atoms with Crippen molar-refractivity contribution in [3.8, 4) is 23.0 Å².